The summed E-state index contributed by atoms with van der Waals surface area (Å²) in [6.07, 6.45) is 0.403. The van der Waals surface area contributed by atoms with Crippen LogP contribution in [0.25, 0.3) is 0 Å². The number of carbonyl (C=O) groups excluding carboxylic acids is 1. The summed E-state index contributed by atoms with van der Waals surface area (Å²) in [5, 5.41) is 0. The lowest BCUT2D eigenvalue weighted by Crippen LogP contribution is -2.46. The van der Waals surface area contributed by atoms with Crippen LogP contribution in [0.4, 0.5) is 0 Å². The standard InChI is InChI=1S/C15H21NO3/c1-2-19-15(17)10-14-12-18-9-8-16(14)11-13-6-4-3-5-7-13/h3-7,14H,2,8-12H2,1H3/t14-/m1/s1. The van der Waals surface area contributed by atoms with Crippen molar-refractivity contribution >= 4 is 5.97 Å². The van der Waals surface area contributed by atoms with Gasteiger partial charge in [0.05, 0.1) is 26.2 Å². The van der Waals surface area contributed by atoms with Gasteiger partial charge in [-0.05, 0) is 12.5 Å². The molecule has 1 aliphatic heterocycles. The normalized spacial score (nSPS) is 20.2. The van der Waals surface area contributed by atoms with Gasteiger partial charge in [-0.25, -0.2) is 0 Å². The van der Waals surface area contributed by atoms with Crippen molar-refractivity contribution in [1.29, 1.82) is 0 Å². The van der Waals surface area contributed by atoms with Crippen molar-refractivity contribution in [3.63, 3.8) is 0 Å². The molecule has 1 fully saturated rings. The van der Waals surface area contributed by atoms with Crippen molar-refractivity contribution in [3.05, 3.63) is 35.9 Å². The van der Waals surface area contributed by atoms with Crippen molar-refractivity contribution in [2.75, 3.05) is 26.4 Å². The van der Waals surface area contributed by atoms with Gasteiger partial charge in [-0.2, -0.15) is 0 Å². The van der Waals surface area contributed by atoms with Crippen LogP contribution < -0.4 is 0 Å². The Labute approximate surface area is 114 Å². The molecular weight excluding hydrogens is 242 g/mol. The van der Waals surface area contributed by atoms with Crippen LogP contribution in [0.5, 0.6) is 0 Å². The minimum atomic E-state index is -0.143. The van der Waals surface area contributed by atoms with Gasteiger partial charge in [0.25, 0.3) is 0 Å². The molecule has 1 atom stereocenters. The van der Waals surface area contributed by atoms with Crippen LogP contribution >= 0.6 is 0 Å². The van der Waals surface area contributed by atoms with Crippen molar-refractivity contribution in [3.8, 4) is 0 Å². The summed E-state index contributed by atoms with van der Waals surface area (Å²) in [6.45, 7) is 5.31. The van der Waals surface area contributed by atoms with E-state index in [1.807, 2.05) is 25.1 Å². The molecule has 0 spiro atoms. The molecule has 2 rings (SSSR count). The third-order valence-electron chi connectivity index (χ3n) is 3.29. The Bertz CT molecular complexity index is 394. The van der Waals surface area contributed by atoms with Gasteiger partial charge < -0.3 is 9.47 Å². The van der Waals surface area contributed by atoms with Gasteiger partial charge in [0.1, 0.15) is 0 Å². The maximum atomic E-state index is 11.6. The van der Waals surface area contributed by atoms with Gasteiger partial charge in [0.2, 0.25) is 0 Å². The van der Waals surface area contributed by atoms with E-state index < -0.39 is 0 Å². The summed E-state index contributed by atoms with van der Waals surface area (Å²) in [7, 11) is 0. The van der Waals surface area contributed by atoms with Crippen LogP contribution in [0.3, 0.4) is 0 Å². The third kappa shape index (κ3) is 4.33. The average Bonchev–Trinajstić information content (AvgIpc) is 2.42. The Morgan fingerprint density at radius 2 is 2.21 bits per heavy atom. The van der Waals surface area contributed by atoms with E-state index in [2.05, 4.69) is 17.0 Å². The highest BCUT2D eigenvalue weighted by molar-refractivity contribution is 5.70. The molecule has 4 nitrogen and oxygen atoms in total. The monoisotopic (exact) mass is 263 g/mol. The van der Waals surface area contributed by atoms with Gasteiger partial charge >= 0.3 is 5.97 Å². The summed E-state index contributed by atoms with van der Waals surface area (Å²) in [4.78, 5) is 13.9. The van der Waals surface area contributed by atoms with Crippen LogP contribution in [-0.4, -0.2) is 43.3 Å². The number of esters is 1. The van der Waals surface area contributed by atoms with E-state index in [9.17, 15) is 4.79 Å². The minimum Gasteiger partial charge on any atom is -0.466 e. The molecule has 1 aromatic carbocycles. The highest BCUT2D eigenvalue weighted by Gasteiger charge is 2.25. The van der Waals surface area contributed by atoms with Crippen LogP contribution in [0.1, 0.15) is 18.9 Å². The number of hydrogen-bond acceptors (Lipinski definition) is 4. The molecule has 1 heterocycles. The second kappa shape index (κ2) is 7.26. The van der Waals surface area contributed by atoms with E-state index in [0.717, 1.165) is 19.7 Å². The molecule has 0 bridgehead atoms. The number of carbonyl (C=O) groups is 1. The number of ether oxygens (including phenoxy) is 2. The quantitative estimate of drug-likeness (QED) is 0.760. The fraction of sp³-hybridized carbons (Fsp3) is 0.533. The molecule has 104 valence electrons. The Morgan fingerprint density at radius 3 is 2.95 bits per heavy atom. The van der Waals surface area contributed by atoms with Gasteiger partial charge in [0, 0.05) is 19.1 Å². The van der Waals surface area contributed by atoms with Gasteiger partial charge in [-0.15, -0.1) is 0 Å². The first-order valence-corrected chi connectivity index (χ1v) is 6.81. The molecular formula is C15H21NO3. The third-order valence-corrected chi connectivity index (χ3v) is 3.29. The van der Waals surface area contributed by atoms with E-state index in [-0.39, 0.29) is 12.0 Å². The van der Waals surface area contributed by atoms with Gasteiger partial charge in [0.15, 0.2) is 0 Å². The van der Waals surface area contributed by atoms with Crippen molar-refractivity contribution < 1.29 is 14.3 Å². The number of nitrogens with zero attached hydrogens (tertiary/aromatic N) is 1. The van der Waals surface area contributed by atoms with E-state index >= 15 is 0 Å². The van der Waals surface area contributed by atoms with Gasteiger partial charge in [-0.1, -0.05) is 30.3 Å². The summed E-state index contributed by atoms with van der Waals surface area (Å²) in [6, 6.07) is 10.4. The molecule has 0 aromatic heterocycles. The molecule has 0 saturated carbocycles. The number of benzene rings is 1. The molecule has 0 unspecified atom stereocenters. The van der Waals surface area contributed by atoms with Crippen molar-refractivity contribution in [1.82, 2.24) is 4.90 Å². The van der Waals surface area contributed by atoms with E-state index in [1.165, 1.54) is 5.56 Å². The predicted octanol–water partition coefficient (Wildman–Crippen LogP) is 1.84. The minimum absolute atomic E-state index is 0.119. The van der Waals surface area contributed by atoms with Crippen molar-refractivity contribution in [2.24, 2.45) is 0 Å². The lowest BCUT2D eigenvalue weighted by molar-refractivity contribution is -0.146. The molecule has 4 heteroatoms. The molecule has 19 heavy (non-hydrogen) atoms. The van der Waals surface area contributed by atoms with Crippen LogP contribution in [0, 0.1) is 0 Å². The molecule has 0 aliphatic carbocycles. The van der Waals surface area contributed by atoms with Crippen LogP contribution in [-0.2, 0) is 20.8 Å². The largest absolute Gasteiger partial charge is 0.466 e. The van der Waals surface area contributed by atoms with E-state index in [1.54, 1.807) is 0 Å². The summed E-state index contributed by atoms with van der Waals surface area (Å²) in [5.41, 5.74) is 1.26. The summed E-state index contributed by atoms with van der Waals surface area (Å²) >= 11 is 0. The first-order chi connectivity index (χ1) is 9.29. The summed E-state index contributed by atoms with van der Waals surface area (Å²) in [5.74, 6) is -0.143. The first kappa shape index (κ1) is 14.0. The number of hydrogen-bond donors (Lipinski definition) is 0. The predicted molar refractivity (Wildman–Crippen MR) is 72.7 cm³/mol. The lowest BCUT2D eigenvalue weighted by Gasteiger charge is -2.35. The molecule has 1 saturated heterocycles. The topological polar surface area (TPSA) is 38.8 Å². The second-order valence-corrected chi connectivity index (χ2v) is 4.69. The maximum Gasteiger partial charge on any atom is 0.307 e. The van der Waals surface area contributed by atoms with Crippen LogP contribution in [0.15, 0.2) is 30.3 Å². The lowest BCUT2D eigenvalue weighted by atomic mass is 10.1. The SMILES string of the molecule is CCOC(=O)C[C@@H]1COCCN1Cc1ccccc1. The molecule has 1 aromatic rings. The molecule has 1 aliphatic rings. The maximum absolute atomic E-state index is 11.6. The molecule has 0 amide bonds. The fourth-order valence-electron chi connectivity index (χ4n) is 2.32. The Hall–Kier alpha value is -1.39. The zero-order valence-electron chi connectivity index (χ0n) is 11.4. The van der Waals surface area contributed by atoms with Gasteiger partial charge in [-0.3, -0.25) is 9.69 Å². The van der Waals surface area contributed by atoms with E-state index in [4.69, 9.17) is 9.47 Å². The molecule has 0 N–H and O–H groups in total. The number of rotatable bonds is 5. The Kier molecular flexibility index (Phi) is 5.36. The smallest absolute Gasteiger partial charge is 0.307 e. The second-order valence-electron chi connectivity index (χ2n) is 4.69. The zero-order valence-corrected chi connectivity index (χ0v) is 11.4. The first-order valence-electron chi connectivity index (χ1n) is 6.81. The summed E-state index contributed by atoms with van der Waals surface area (Å²) < 4.78 is 10.5. The zero-order chi connectivity index (χ0) is 13.5. The number of morpholine rings is 1. The Balaban J connectivity index is 1.94. The fourth-order valence-corrected chi connectivity index (χ4v) is 2.32. The average molecular weight is 263 g/mol. The highest BCUT2D eigenvalue weighted by Crippen LogP contribution is 2.15. The highest BCUT2D eigenvalue weighted by atomic mass is 16.5. The molecule has 0 radical (unpaired) electrons. The van der Waals surface area contributed by atoms with Crippen LogP contribution in [0.2, 0.25) is 0 Å². The van der Waals surface area contributed by atoms with E-state index in [0.29, 0.717) is 19.6 Å². The van der Waals surface area contributed by atoms with Crippen molar-refractivity contribution in [2.45, 2.75) is 25.9 Å². The Morgan fingerprint density at radius 1 is 1.42 bits per heavy atom.